The summed E-state index contributed by atoms with van der Waals surface area (Å²) in [4.78, 5) is 17.7. The molecule has 0 aliphatic heterocycles. The zero-order chi connectivity index (χ0) is 22.4. The van der Waals surface area contributed by atoms with Crippen LogP contribution in [0.25, 0.3) is 0 Å². The van der Waals surface area contributed by atoms with Gasteiger partial charge in [-0.3, -0.25) is 4.98 Å². The number of aryl methyl sites for hydroxylation is 1. The van der Waals surface area contributed by atoms with E-state index in [0.717, 1.165) is 71.6 Å². The Bertz CT molecular complexity index is 1210. The number of nitrogens with zero attached hydrogens (tertiary/aromatic N) is 3. The number of fused-ring (bicyclic) bond motifs is 2. The van der Waals surface area contributed by atoms with Crippen LogP contribution in [0.5, 0.6) is 0 Å². The molecule has 2 amide bonds. The standard InChI is InChI=1S/C21H25N5O3S2/c1-12-7-8-15-18(12)24-16-6-4-5-14(16)19(15)25-20(27)26-31(29,23-11-22)17-9-13(10-30-17)21(2,3)28/h9-10,12,28H,4-8H2,1-3H3,(H2,23,24,25,26,27,29)/t12-,31?/m0/s1. The Labute approximate surface area is 186 Å². The SMILES string of the molecule is C[C@H]1CCc2c1nc1c(c2NC(=O)N=S(=O)(NC#N)c2cc(C(C)(C)O)cs2)CCC1. The van der Waals surface area contributed by atoms with Crippen molar-refractivity contribution in [2.75, 3.05) is 5.32 Å². The van der Waals surface area contributed by atoms with Crippen LogP contribution < -0.4 is 10.0 Å². The first-order valence-electron chi connectivity index (χ1n) is 10.2. The molecule has 3 N–H and O–H groups in total. The van der Waals surface area contributed by atoms with Crippen LogP contribution in [0.2, 0.25) is 0 Å². The molecule has 0 saturated heterocycles. The maximum atomic E-state index is 13.4. The van der Waals surface area contributed by atoms with E-state index < -0.39 is 21.5 Å². The predicted molar refractivity (Wildman–Crippen MR) is 119 cm³/mol. The molecule has 0 radical (unpaired) electrons. The molecule has 31 heavy (non-hydrogen) atoms. The van der Waals surface area contributed by atoms with E-state index in [4.69, 9.17) is 10.2 Å². The van der Waals surface area contributed by atoms with Gasteiger partial charge in [0.1, 0.15) is 4.21 Å². The Kier molecular flexibility index (Phi) is 5.54. The van der Waals surface area contributed by atoms with Gasteiger partial charge in [0, 0.05) is 11.4 Å². The molecule has 2 aliphatic carbocycles. The van der Waals surface area contributed by atoms with Crippen molar-refractivity contribution in [1.82, 2.24) is 9.71 Å². The molecule has 0 bridgehead atoms. The van der Waals surface area contributed by atoms with Gasteiger partial charge in [-0.15, -0.1) is 15.7 Å². The maximum absolute atomic E-state index is 13.4. The van der Waals surface area contributed by atoms with Gasteiger partial charge in [0.25, 0.3) is 0 Å². The summed E-state index contributed by atoms with van der Waals surface area (Å²) in [6.45, 7) is 5.35. The zero-order valence-electron chi connectivity index (χ0n) is 17.7. The fourth-order valence-corrected chi connectivity index (χ4v) is 6.78. The molecule has 2 heterocycles. The number of nitrogens with one attached hydrogen (secondary N) is 2. The normalized spacial score (nSPS) is 19.1. The lowest BCUT2D eigenvalue weighted by Gasteiger charge is -2.15. The number of rotatable bonds is 4. The van der Waals surface area contributed by atoms with Crippen LogP contribution in [-0.4, -0.2) is 20.3 Å². The summed E-state index contributed by atoms with van der Waals surface area (Å²) >= 11 is 1.08. The van der Waals surface area contributed by atoms with Gasteiger partial charge in [-0.05, 0) is 80.0 Å². The molecule has 10 heteroatoms. The zero-order valence-corrected chi connectivity index (χ0v) is 19.3. The van der Waals surface area contributed by atoms with E-state index in [-0.39, 0.29) is 4.21 Å². The molecule has 2 aromatic heterocycles. The average Bonchev–Trinajstić information content (AvgIpc) is 3.41. The number of thiophene rings is 1. The van der Waals surface area contributed by atoms with E-state index >= 15 is 0 Å². The third kappa shape index (κ3) is 4.05. The van der Waals surface area contributed by atoms with Crippen molar-refractivity contribution in [3.8, 4) is 6.19 Å². The average molecular weight is 460 g/mol. The number of carbonyl (C=O) groups excluding carboxylic acids is 1. The minimum Gasteiger partial charge on any atom is -0.386 e. The number of urea groups is 1. The molecule has 0 spiro atoms. The second kappa shape index (κ2) is 7.89. The Hall–Kier alpha value is -2.48. The van der Waals surface area contributed by atoms with Gasteiger partial charge in [-0.2, -0.15) is 5.26 Å². The fraction of sp³-hybridized carbons (Fsp3) is 0.476. The Morgan fingerprint density at radius 1 is 1.39 bits per heavy atom. The molecule has 2 aromatic rings. The van der Waals surface area contributed by atoms with Crippen molar-refractivity contribution in [2.24, 2.45) is 4.36 Å². The molecule has 8 nitrogen and oxygen atoms in total. The number of anilines is 1. The van der Waals surface area contributed by atoms with Crippen LogP contribution in [-0.2, 0) is 34.8 Å². The highest BCUT2D eigenvalue weighted by molar-refractivity contribution is 7.94. The monoisotopic (exact) mass is 459 g/mol. The molecule has 4 rings (SSSR count). The van der Waals surface area contributed by atoms with Gasteiger partial charge in [0.15, 0.2) is 16.1 Å². The largest absolute Gasteiger partial charge is 0.386 e. The van der Waals surface area contributed by atoms with Crippen LogP contribution >= 0.6 is 11.3 Å². The van der Waals surface area contributed by atoms with Crippen molar-refractivity contribution in [2.45, 2.75) is 68.6 Å². The smallest absolute Gasteiger partial charge is 0.355 e. The summed E-state index contributed by atoms with van der Waals surface area (Å²) in [5, 5.41) is 23.8. The summed E-state index contributed by atoms with van der Waals surface area (Å²) in [7, 11) is -3.52. The lowest BCUT2D eigenvalue weighted by atomic mass is 10.0. The third-order valence-corrected chi connectivity index (χ3v) is 8.98. The van der Waals surface area contributed by atoms with E-state index in [1.807, 2.05) is 0 Å². The molecule has 0 fully saturated rings. The van der Waals surface area contributed by atoms with Crippen molar-refractivity contribution in [3.63, 3.8) is 0 Å². The number of amides is 2. The lowest BCUT2D eigenvalue weighted by molar-refractivity contribution is 0.0789. The highest BCUT2D eigenvalue weighted by Gasteiger charge is 2.30. The van der Waals surface area contributed by atoms with Crippen LogP contribution in [0.1, 0.15) is 67.6 Å². The first-order valence-corrected chi connectivity index (χ1v) is 12.6. The Balaban J connectivity index is 1.72. The van der Waals surface area contributed by atoms with Crippen molar-refractivity contribution < 1.29 is 14.1 Å². The second-order valence-electron chi connectivity index (χ2n) is 8.54. The van der Waals surface area contributed by atoms with Crippen LogP contribution in [0.3, 0.4) is 0 Å². The number of aromatic nitrogens is 1. The number of pyridine rings is 1. The molecular formula is C21H25N5O3S2. The van der Waals surface area contributed by atoms with Gasteiger partial charge < -0.3 is 10.4 Å². The quantitative estimate of drug-likeness (QED) is 0.471. The van der Waals surface area contributed by atoms with E-state index in [1.54, 1.807) is 25.4 Å². The highest BCUT2D eigenvalue weighted by atomic mass is 32.2. The number of nitriles is 1. The molecule has 0 aromatic carbocycles. The van der Waals surface area contributed by atoms with E-state index in [1.165, 1.54) is 6.07 Å². The molecular weight excluding hydrogens is 434 g/mol. The predicted octanol–water partition coefficient (Wildman–Crippen LogP) is 3.95. The summed E-state index contributed by atoms with van der Waals surface area (Å²) in [5.74, 6) is 0.337. The Morgan fingerprint density at radius 2 is 2.16 bits per heavy atom. The van der Waals surface area contributed by atoms with Gasteiger partial charge in [0.2, 0.25) is 0 Å². The summed E-state index contributed by atoms with van der Waals surface area (Å²) < 4.78 is 19.7. The lowest BCUT2D eigenvalue weighted by Crippen LogP contribution is -2.22. The van der Waals surface area contributed by atoms with Gasteiger partial charge >= 0.3 is 6.03 Å². The second-order valence-corrected chi connectivity index (χ2v) is 11.6. The van der Waals surface area contributed by atoms with Crippen LogP contribution in [0.4, 0.5) is 10.5 Å². The minimum absolute atomic E-state index is 0.208. The van der Waals surface area contributed by atoms with Crippen LogP contribution in [0, 0.1) is 11.5 Å². The molecule has 2 atom stereocenters. The van der Waals surface area contributed by atoms with E-state index in [2.05, 4.69) is 21.3 Å². The number of hydrogen-bond acceptors (Lipinski definition) is 6. The Morgan fingerprint density at radius 3 is 2.84 bits per heavy atom. The van der Waals surface area contributed by atoms with E-state index in [9.17, 15) is 14.1 Å². The van der Waals surface area contributed by atoms with Crippen molar-refractivity contribution in [1.29, 1.82) is 5.26 Å². The van der Waals surface area contributed by atoms with Gasteiger partial charge in [0.05, 0.1) is 11.3 Å². The first-order chi connectivity index (χ1) is 14.6. The topological polar surface area (TPSA) is 127 Å². The molecule has 1 unspecified atom stereocenters. The van der Waals surface area contributed by atoms with Crippen molar-refractivity contribution >= 4 is 33.0 Å². The summed E-state index contributed by atoms with van der Waals surface area (Å²) in [6, 6.07) is 0.741. The minimum atomic E-state index is -3.52. The van der Waals surface area contributed by atoms with Gasteiger partial charge in [-0.25, -0.2) is 13.7 Å². The third-order valence-electron chi connectivity index (χ3n) is 5.83. The van der Waals surface area contributed by atoms with E-state index in [0.29, 0.717) is 11.5 Å². The summed E-state index contributed by atoms with van der Waals surface area (Å²) in [5.41, 5.74) is 4.27. The molecule has 2 aliphatic rings. The maximum Gasteiger partial charge on any atom is 0.355 e. The summed E-state index contributed by atoms with van der Waals surface area (Å²) in [6.07, 6.45) is 6.17. The van der Waals surface area contributed by atoms with Crippen molar-refractivity contribution in [3.05, 3.63) is 39.5 Å². The number of carbonyl (C=O) groups is 1. The fourth-order valence-electron chi connectivity index (χ4n) is 4.16. The highest BCUT2D eigenvalue weighted by Crippen LogP contribution is 2.41. The molecule has 0 saturated carbocycles. The van der Waals surface area contributed by atoms with Crippen LogP contribution in [0.15, 0.2) is 20.0 Å². The molecule has 164 valence electrons. The number of hydrogen-bond donors (Lipinski definition) is 3. The first kappa shape index (κ1) is 21.7. The van der Waals surface area contributed by atoms with Gasteiger partial charge in [-0.1, -0.05) is 6.92 Å². The number of aliphatic hydroxyl groups is 1.